The van der Waals surface area contributed by atoms with Crippen LogP contribution in [0.5, 0.6) is 11.5 Å². The largest absolute Gasteiger partial charge is 0.490 e. The first-order chi connectivity index (χ1) is 39.6. The summed E-state index contributed by atoms with van der Waals surface area (Å²) in [6.07, 6.45) is 25.9. The van der Waals surface area contributed by atoms with Gasteiger partial charge in [-0.15, -0.1) is 0 Å². The Kier molecular flexibility index (Phi) is 20.1. The number of amides is 1. The van der Waals surface area contributed by atoms with E-state index in [1.807, 2.05) is 89.8 Å². The molecule has 81 heavy (non-hydrogen) atoms. The summed E-state index contributed by atoms with van der Waals surface area (Å²) in [6, 6.07) is 39.7. The number of carbonyl (C=O) groups is 2. The first-order valence-corrected chi connectivity index (χ1v) is 27.7. The molecule has 5 aromatic heterocycles. The van der Waals surface area contributed by atoms with Gasteiger partial charge in [-0.05, 0) is 142 Å². The number of carboxylic acids is 1. The van der Waals surface area contributed by atoms with Crippen LogP contribution >= 0.6 is 0 Å². The monoisotopic (exact) mass is 1090 g/mol. The molecule has 1 aliphatic heterocycles. The number of benzene rings is 4. The minimum absolute atomic E-state index is 0.0405. The predicted molar refractivity (Wildman–Crippen MR) is 310 cm³/mol. The van der Waals surface area contributed by atoms with Crippen LogP contribution in [0.3, 0.4) is 0 Å². The van der Waals surface area contributed by atoms with E-state index in [2.05, 4.69) is 35.3 Å². The number of likely N-dealkylation sites (tertiary alicyclic amines) is 1. The van der Waals surface area contributed by atoms with E-state index < -0.39 is 5.97 Å². The van der Waals surface area contributed by atoms with Crippen LogP contribution < -0.4 is 26.0 Å². The van der Waals surface area contributed by atoms with Crippen molar-refractivity contribution in [3.05, 3.63) is 235 Å². The Morgan fingerprint density at radius 3 is 1.36 bits per heavy atom. The van der Waals surface area contributed by atoms with E-state index in [-0.39, 0.29) is 28.0 Å². The average molecular weight is 1090 g/mol. The molecule has 9 aromatic rings. The Labute approximate surface area is 468 Å². The highest BCUT2D eigenvalue weighted by Crippen LogP contribution is 2.28. The van der Waals surface area contributed by atoms with Gasteiger partial charge in [-0.2, -0.15) is 10.2 Å². The number of piperidine rings is 1. The zero-order valence-corrected chi connectivity index (χ0v) is 45.0. The van der Waals surface area contributed by atoms with Gasteiger partial charge in [0, 0.05) is 91.6 Å². The van der Waals surface area contributed by atoms with Crippen molar-refractivity contribution < 1.29 is 28.9 Å². The van der Waals surface area contributed by atoms with Crippen molar-refractivity contribution in [3.63, 3.8) is 0 Å². The normalized spacial score (nSPS) is 15.0. The molecule has 13 rings (SSSR count). The highest BCUT2D eigenvalue weighted by Gasteiger charge is 2.28. The van der Waals surface area contributed by atoms with Crippen LogP contribution in [0.4, 0.5) is 0 Å². The van der Waals surface area contributed by atoms with Gasteiger partial charge in [-0.3, -0.25) is 29.1 Å². The quantitative estimate of drug-likeness (QED) is 0.0892. The summed E-state index contributed by atoms with van der Waals surface area (Å²) in [4.78, 5) is 70.6. The van der Waals surface area contributed by atoms with E-state index >= 15 is 0 Å². The fourth-order valence-corrected chi connectivity index (χ4v) is 9.35. The molecule has 17 heteroatoms. The smallest absolute Gasteiger partial charge is 0.335 e. The van der Waals surface area contributed by atoms with Crippen molar-refractivity contribution in [1.29, 1.82) is 0 Å². The number of H-pyrrole nitrogens is 3. The number of aromatic nitrogens is 7. The second kappa shape index (κ2) is 28.7. The van der Waals surface area contributed by atoms with Gasteiger partial charge in [0.05, 0.1) is 52.1 Å². The second-order valence-corrected chi connectivity index (χ2v) is 20.3. The molecule has 0 spiro atoms. The zero-order valence-electron chi connectivity index (χ0n) is 45.0. The number of carboxylic acid groups (broad SMARTS) is 1. The molecule has 1 amide bonds. The number of carbonyl (C=O) groups excluding carboxylic acids is 1. The lowest BCUT2D eigenvalue weighted by atomic mass is 9.95. The maximum absolute atomic E-state index is 13.1. The number of rotatable bonds is 12. The summed E-state index contributed by atoms with van der Waals surface area (Å²) in [7, 11) is 0. The first kappa shape index (κ1) is 56.6. The number of nitrogens with one attached hydrogen (secondary N) is 3. The molecule has 4 aromatic carbocycles. The summed E-state index contributed by atoms with van der Waals surface area (Å²) < 4.78 is 17.3. The number of hydrogen-bond acceptors (Lipinski definition) is 12. The summed E-state index contributed by atoms with van der Waals surface area (Å²) in [5, 5.41) is 25.3. The molecule has 416 valence electrons. The third-order valence-corrected chi connectivity index (χ3v) is 14.5. The van der Waals surface area contributed by atoms with Gasteiger partial charge in [-0.1, -0.05) is 60.7 Å². The molecule has 6 heterocycles. The number of aromatic carboxylic acids is 1. The third-order valence-electron chi connectivity index (χ3n) is 14.5. The van der Waals surface area contributed by atoms with Gasteiger partial charge < -0.3 is 29.2 Å². The van der Waals surface area contributed by atoms with Gasteiger partial charge in [0.25, 0.3) is 17.0 Å². The van der Waals surface area contributed by atoms with E-state index in [1.54, 1.807) is 73.6 Å². The third kappa shape index (κ3) is 16.5. The molecule has 4 N–H and O–H groups in total. The Morgan fingerprint density at radius 1 is 0.506 bits per heavy atom. The highest BCUT2D eigenvalue weighted by molar-refractivity contribution is 5.94. The van der Waals surface area contributed by atoms with E-state index in [0.717, 1.165) is 65.0 Å². The minimum Gasteiger partial charge on any atom is -0.490 e. The average Bonchev–Trinajstić information content (AvgIpc) is 3.49. The standard InChI is InChI=1S/C25H27N3O3.C16H12N2O3.2C9H11NO.C5H5NO/c29-24-22-10-2-1-9-21(22)23(26-27-24)16-17-5-3-6-18(15-17)25(30)28-13-11-20(12-14-28)31-19-7-4-8-19;19-15-13-7-2-1-6-12(13)14(17-18-15)9-10-4-3-5-11(8-10)16(20)21;2*1-2-8(3-1)11-9-4-6-10-7-5-9;7-5-1-3-6-4-2-5/h1-3,5-6,9-10,15,19-20H,4,7-8,11-14,16H2,(H,27,29);1-8H,9H2,(H,18,19)(H,20,21);2*4-8H,1-3H2;1-4H,(H,6,7). The first-order valence-electron chi connectivity index (χ1n) is 27.7. The highest BCUT2D eigenvalue weighted by atomic mass is 16.5. The summed E-state index contributed by atoms with van der Waals surface area (Å²) in [5.74, 6) is 1.01. The summed E-state index contributed by atoms with van der Waals surface area (Å²) in [6.45, 7) is 1.49. The van der Waals surface area contributed by atoms with E-state index in [4.69, 9.17) is 19.3 Å². The van der Waals surface area contributed by atoms with Gasteiger partial charge in [-0.25, -0.2) is 15.0 Å². The van der Waals surface area contributed by atoms with E-state index in [0.29, 0.717) is 59.3 Å². The molecule has 4 aliphatic rings. The van der Waals surface area contributed by atoms with E-state index in [9.17, 15) is 24.0 Å². The predicted octanol–water partition coefficient (Wildman–Crippen LogP) is 10.3. The minimum atomic E-state index is -0.962. The van der Waals surface area contributed by atoms with Crippen LogP contribution in [-0.4, -0.2) is 94.7 Å². The maximum atomic E-state index is 13.1. The van der Waals surface area contributed by atoms with Gasteiger partial charge >= 0.3 is 5.97 Å². The van der Waals surface area contributed by atoms with Gasteiger partial charge in [0.15, 0.2) is 5.43 Å². The van der Waals surface area contributed by atoms with Crippen molar-refractivity contribution in [2.45, 2.75) is 108 Å². The fraction of sp³-hybridized carbons (Fsp3) is 0.297. The Bertz CT molecular complexity index is 3580. The number of hydrogen-bond donors (Lipinski definition) is 4. The van der Waals surface area contributed by atoms with Crippen LogP contribution in [0.25, 0.3) is 21.5 Å². The molecular weight excluding hydrogens is 1020 g/mol. The molecule has 4 fully saturated rings. The lowest BCUT2D eigenvalue weighted by Crippen LogP contribution is -2.42. The van der Waals surface area contributed by atoms with Crippen LogP contribution in [0.1, 0.15) is 114 Å². The van der Waals surface area contributed by atoms with Crippen LogP contribution in [-0.2, 0) is 17.6 Å². The second-order valence-electron chi connectivity index (χ2n) is 20.3. The van der Waals surface area contributed by atoms with Gasteiger partial charge in [0.2, 0.25) is 0 Å². The van der Waals surface area contributed by atoms with Crippen molar-refractivity contribution in [2.75, 3.05) is 13.1 Å². The van der Waals surface area contributed by atoms with Crippen molar-refractivity contribution in [2.24, 2.45) is 0 Å². The molecule has 3 aliphatic carbocycles. The van der Waals surface area contributed by atoms with Crippen LogP contribution in [0, 0.1) is 0 Å². The van der Waals surface area contributed by atoms with Crippen LogP contribution in [0.2, 0.25) is 0 Å². The SMILES string of the molecule is O=C(O)c1cccc(Cc2n[nH]c(=O)c3ccccc23)c1.O=C(c1cccc(Cc2n[nH]c(=O)c3ccccc23)c1)N1CCC(OC2CCC2)CC1.O=c1cc[nH]cc1.c1cc(OC2CCC2)ccn1.c1cc(OC2CCC2)ccn1. The molecular formula is C64H66N8O9. The Hall–Kier alpha value is -9.09. The lowest BCUT2D eigenvalue weighted by Gasteiger charge is -2.36. The number of nitrogens with zero attached hydrogens (tertiary/aromatic N) is 5. The fourth-order valence-electron chi connectivity index (χ4n) is 9.35. The topological polar surface area (TPSA) is 235 Å². The van der Waals surface area contributed by atoms with E-state index in [1.165, 1.54) is 69.9 Å². The maximum Gasteiger partial charge on any atom is 0.335 e. The Morgan fingerprint density at radius 2 is 0.938 bits per heavy atom. The number of fused-ring (bicyclic) bond motifs is 2. The number of aromatic amines is 3. The molecule has 0 unspecified atom stereocenters. The van der Waals surface area contributed by atoms with Crippen molar-refractivity contribution >= 4 is 33.4 Å². The molecule has 1 saturated heterocycles. The molecule has 17 nitrogen and oxygen atoms in total. The molecule has 3 saturated carbocycles. The summed E-state index contributed by atoms with van der Waals surface area (Å²) in [5.41, 5.74) is 3.91. The van der Waals surface area contributed by atoms with Gasteiger partial charge in [0.1, 0.15) is 11.5 Å². The summed E-state index contributed by atoms with van der Waals surface area (Å²) >= 11 is 0. The van der Waals surface area contributed by atoms with Crippen molar-refractivity contribution in [3.8, 4) is 11.5 Å². The Balaban J connectivity index is 0.000000135. The zero-order chi connectivity index (χ0) is 56.2. The van der Waals surface area contributed by atoms with Crippen molar-refractivity contribution in [1.82, 2.24) is 40.2 Å². The molecule has 0 atom stereocenters. The lowest BCUT2D eigenvalue weighted by molar-refractivity contribution is -0.0705. The number of pyridine rings is 3. The molecule has 0 radical (unpaired) electrons. The van der Waals surface area contributed by atoms with Crippen LogP contribution in [0.15, 0.2) is 185 Å². The number of ether oxygens (including phenoxy) is 3. The molecule has 0 bridgehead atoms.